The van der Waals surface area contributed by atoms with E-state index in [2.05, 4.69) is 23.4 Å². The van der Waals surface area contributed by atoms with Crippen molar-refractivity contribution in [2.75, 3.05) is 13.1 Å². The van der Waals surface area contributed by atoms with Gasteiger partial charge in [-0.25, -0.2) is 0 Å². The summed E-state index contributed by atoms with van der Waals surface area (Å²) in [5.74, 6) is 0. The lowest BCUT2D eigenvalue weighted by Gasteiger charge is -2.32. The van der Waals surface area contributed by atoms with Gasteiger partial charge in [0.15, 0.2) is 0 Å². The van der Waals surface area contributed by atoms with Crippen molar-refractivity contribution in [3.8, 4) is 0 Å². The summed E-state index contributed by atoms with van der Waals surface area (Å²) in [5.41, 5.74) is 1.54. The molecule has 72 valence electrons. The second-order valence-corrected chi connectivity index (χ2v) is 4.19. The van der Waals surface area contributed by atoms with Crippen molar-refractivity contribution in [2.45, 2.75) is 25.2 Å². The highest BCUT2D eigenvalue weighted by Gasteiger charge is 2.30. The van der Waals surface area contributed by atoms with Crippen molar-refractivity contribution >= 4 is 0 Å². The zero-order valence-electron chi connectivity index (χ0n) is 8.38. The molecule has 2 heterocycles. The maximum absolute atomic E-state index is 4.50. The maximum Gasteiger partial charge on any atom is 0.0684 e. The van der Waals surface area contributed by atoms with Crippen LogP contribution in [0.1, 0.15) is 25.5 Å². The number of hydrogen-bond donors (Lipinski definition) is 1. The molecule has 3 nitrogen and oxygen atoms in total. The Morgan fingerprint density at radius 3 is 2.69 bits per heavy atom. The van der Waals surface area contributed by atoms with Gasteiger partial charge in [0, 0.05) is 18.7 Å². The molecule has 1 aromatic rings. The Labute approximate surface area is 79.1 Å². The van der Waals surface area contributed by atoms with Gasteiger partial charge in [-0.15, -0.1) is 0 Å². The first-order valence-corrected chi connectivity index (χ1v) is 4.92. The first-order chi connectivity index (χ1) is 6.21. The number of piperidine rings is 1. The van der Waals surface area contributed by atoms with E-state index in [1.54, 1.807) is 0 Å². The summed E-state index contributed by atoms with van der Waals surface area (Å²) in [6.07, 6.45) is 4.43. The quantitative estimate of drug-likeness (QED) is 0.698. The predicted octanol–water partition coefficient (Wildman–Crippen LogP) is 1.06. The molecule has 1 fully saturated rings. The van der Waals surface area contributed by atoms with Gasteiger partial charge in [-0.3, -0.25) is 4.68 Å². The van der Waals surface area contributed by atoms with Crippen LogP contribution in [0.25, 0.3) is 0 Å². The summed E-state index contributed by atoms with van der Waals surface area (Å²) in [5, 5.41) is 7.88. The molecule has 0 aromatic carbocycles. The Bertz CT molecular complexity index is 284. The third-order valence-corrected chi connectivity index (χ3v) is 3.04. The van der Waals surface area contributed by atoms with Gasteiger partial charge in [-0.05, 0) is 32.0 Å². The largest absolute Gasteiger partial charge is 0.317 e. The molecular formula is C10H17N3. The van der Waals surface area contributed by atoms with Gasteiger partial charge in [-0.1, -0.05) is 6.92 Å². The van der Waals surface area contributed by atoms with Gasteiger partial charge in [0.05, 0.1) is 5.69 Å². The Morgan fingerprint density at radius 1 is 1.46 bits per heavy atom. The normalized spacial score (nSPS) is 21.7. The van der Waals surface area contributed by atoms with E-state index in [1.165, 1.54) is 18.5 Å². The van der Waals surface area contributed by atoms with Gasteiger partial charge >= 0.3 is 0 Å². The Balaban J connectivity index is 2.22. The zero-order valence-corrected chi connectivity index (χ0v) is 8.38. The molecule has 0 amide bonds. The van der Waals surface area contributed by atoms with Gasteiger partial charge < -0.3 is 5.32 Å². The van der Waals surface area contributed by atoms with Gasteiger partial charge in [0.2, 0.25) is 0 Å². The van der Waals surface area contributed by atoms with Crippen LogP contribution in [0, 0.1) is 0 Å². The molecule has 0 atom stereocenters. The Hall–Kier alpha value is -0.830. The monoisotopic (exact) mass is 179 g/mol. The SMILES string of the molecule is Cn1ccc(C2(C)CCNCC2)n1. The average molecular weight is 179 g/mol. The summed E-state index contributed by atoms with van der Waals surface area (Å²) < 4.78 is 1.89. The molecule has 0 unspecified atom stereocenters. The van der Waals surface area contributed by atoms with E-state index in [1.807, 2.05) is 17.9 Å². The molecule has 0 aliphatic carbocycles. The van der Waals surface area contributed by atoms with Crippen LogP contribution in [0.2, 0.25) is 0 Å². The van der Waals surface area contributed by atoms with Crippen molar-refractivity contribution in [1.82, 2.24) is 15.1 Å². The minimum Gasteiger partial charge on any atom is -0.317 e. The molecule has 1 aliphatic heterocycles. The molecule has 13 heavy (non-hydrogen) atoms. The van der Waals surface area contributed by atoms with Crippen molar-refractivity contribution in [3.63, 3.8) is 0 Å². The average Bonchev–Trinajstić information content (AvgIpc) is 2.54. The molecule has 0 spiro atoms. The van der Waals surface area contributed by atoms with Crippen LogP contribution >= 0.6 is 0 Å². The summed E-state index contributed by atoms with van der Waals surface area (Å²) in [6, 6.07) is 2.14. The number of rotatable bonds is 1. The number of hydrogen-bond acceptors (Lipinski definition) is 2. The first kappa shape index (κ1) is 8.75. The van der Waals surface area contributed by atoms with E-state index in [-0.39, 0.29) is 0 Å². The fraction of sp³-hybridized carbons (Fsp3) is 0.700. The highest BCUT2D eigenvalue weighted by atomic mass is 15.3. The highest BCUT2D eigenvalue weighted by molar-refractivity contribution is 5.14. The minimum atomic E-state index is 0.298. The third-order valence-electron chi connectivity index (χ3n) is 3.04. The van der Waals surface area contributed by atoms with Crippen molar-refractivity contribution in [2.24, 2.45) is 7.05 Å². The smallest absolute Gasteiger partial charge is 0.0684 e. The van der Waals surface area contributed by atoms with Crippen molar-refractivity contribution < 1.29 is 0 Å². The molecule has 1 saturated heterocycles. The molecular weight excluding hydrogens is 162 g/mol. The minimum absolute atomic E-state index is 0.298. The number of nitrogens with one attached hydrogen (secondary N) is 1. The molecule has 2 rings (SSSR count). The Kier molecular flexibility index (Phi) is 2.12. The van der Waals surface area contributed by atoms with Crippen LogP contribution in [-0.4, -0.2) is 22.9 Å². The topological polar surface area (TPSA) is 29.9 Å². The molecule has 0 bridgehead atoms. The number of nitrogens with zero attached hydrogens (tertiary/aromatic N) is 2. The van der Waals surface area contributed by atoms with E-state index in [4.69, 9.17) is 0 Å². The summed E-state index contributed by atoms with van der Waals surface area (Å²) in [7, 11) is 1.98. The molecule has 1 N–H and O–H groups in total. The van der Waals surface area contributed by atoms with Crippen molar-refractivity contribution in [3.05, 3.63) is 18.0 Å². The fourth-order valence-corrected chi connectivity index (χ4v) is 1.97. The predicted molar refractivity (Wildman–Crippen MR) is 52.7 cm³/mol. The van der Waals surface area contributed by atoms with Crippen molar-refractivity contribution in [1.29, 1.82) is 0 Å². The summed E-state index contributed by atoms with van der Waals surface area (Å²) in [4.78, 5) is 0. The van der Waals surface area contributed by atoms with Gasteiger partial charge in [0.25, 0.3) is 0 Å². The molecule has 1 aromatic heterocycles. The second kappa shape index (κ2) is 3.14. The summed E-state index contributed by atoms with van der Waals surface area (Å²) in [6.45, 7) is 4.55. The van der Waals surface area contributed by atoms with Crippen LogP contribution < -0.4 is 5.32 Å². The van der Waals surface area contributed by atoms with E-state index in [0.717, 1.165) is 13.1 Å². The van der Waals surface area contributed by atoms with E-state index in [0.29, 0.717) is 5.41 Å². The van der Waals surface area contributed by atoms with E-state index >= 15 is 0 Å². The first-order valence-electron chi connectivity index (χ1n) is 4.92. The third kappa shape index (κ3) is 1.61. The van der Waals surface area contributed by atoms with Crippen LogP contribution in [0.4, 0.5) is 0 Å². The van der Waals surface area contributed by atoms with Gasteiger partial charge in [0.1, 0.15) is 0 Å². The molecule has 0 saturated carbocycles. The lowest BCUT2D eigenvalue weighted by atomic mass is 9.78. The number of aryl methyl sites for hydroxylation is 1. The van der Waals surface area contributed by atoms with E-state index < -0.39 is 0 Å². The van der Waals surface area contributed by atoms with Crippen LogP contribution in [0.15, 0.2) is 12.3 Å². The molecule has 0 radical (unpaired) electrons. The number of aromatic nitrogens is 2. The maximum atomic E-state index is 4.50. The lowest BCUT2D eigenvalue weighted by Crippen LogP contribution is -2.38. The van der Waals surface area contributed by atoms with Crippen LogP contribution in [0.5, 0.6) is 0 Å². The van der Waals surface area contributed by atoms with E-state index in [9.17, 15) is 0 Å². The standard InChI is InChI=1S/C10H17N3/c1-10(4-6-11-7-5-10)9-3-8-13(2)12-9/h3,8,11H,4-7H2,1-2H3. The second-order valence-electron chi connectivity index (χ2n) is 4.19. The van der Waals surface area contributed by atoms with Crippen LogP contribution in [0.3, 0.4) is 0 Å². The molecule has 1 aliphatic rings. The summed E-state index contributed by atoms with van der Waals surface area (Å²) >= 11 is 0. The lowest BCUT2D eigenvalue weighted by molar-refractivity contribution is 0.325. The fourth-order valence-electron chi connectivity index (χ4n) is 1.97. The zero-order chi connectivity index (χ0) is 9.31. The Morgan fingerprint density at radius 2 is 2.15 bits per heavy atom. The highest BCUT2D eigenvalue weighted by Crippen LogP contribution is 2.31. The molecule has 3 heteroatoms. The van der Waals surface area contributed by atoms with Crippen LogP contribution in [-0.2, 0) is 12.5 Å². The van der Waals surface area contributed by atoms with Gasteiger partial charge in [-0.2, -0.15) is 5.10 Å².